The molecule has 51 heavy (non-hydrogen) atoms. The van der Waals surface area contributed by atoms with Crippen LogP contribution in [-0.2, 0) is 10.8 Å². The van der Waals surface area contributed by atoms with Crippen LogP contribution in [0.1, 0.15) is 52.7 Å². The van der Waals surface area contributed by atoms with Crippen molar-refractivity contribution in [2.75, 3.05) is 0 Å². The molecule has 0 N–H and O–H groups in total. The van der Waals surface area contributed by atoms with Gasteiger partial charge in [-0.15, -0.1) is 11.3 Å². The molecule has 0 aliphatic heterocycles. The molecule has 250 valence electrons. The minimum Gasteiger partial charge on any atom is -0.228 e. The number of hydrogen-bond donors (Lipinski definition) is 0. The van der Waals surface area contributed by atoms with Crippen LogP contribution >= 0.6 is 11.3 Å². The van der Waals surface area contributed by atoms with E-state index >= 15 is 0 Å². The van der Waals surface area contributed by atoms with Crippen LogP contribution in [0.25, 0.3) is 76.3 Å². The maximum atomic E-state index is 5.23. The largest absolute Gasteiger partial charge is 0.228 e. The molecule has 8 aromatic rings. The third-order valence-electron chi connectivity index (χ3n) is 9.75. The molecule has 0 radical (unpaired) electrons. The summed E-state index contributed by atoms with van der Waals surface area (Å²) in [7, 11) is 0. The zero-order valence-electron chi connectivity index (χ0n) is 30.2. The standard InChI is InChI=1S/C48H42N2S/c1-47(2,3)37-28-40-39-24-16-23-38(44(39)51-45(40)41(29-37)48(4,5)6)35-25-34(31-17-10-7-11-18-31)26-36(27-35)43-30-42(32-19-12-8-13-20-32)49-46(50-43)33-21-14-9-15-22-33/h7-30H,1-6H3. The maximum absolute atomic E-state index is 5.23. The Labute approximate surface area is 305 Å². The molecule has 2 aromatic heterocycles. The Balaban J connectivity index is 1.39. The number of thiophene rings is 1. The number of fused-ring (bicyclic) bond motifs is 3. The Morgan fingerprint density at radius 3 is 1.61 bits per heavy atom. The van der Waals surface area contributed by atoms with Gasteiger partial charge in [0.1, 0.15) is 0 Å². The van der Waals surface area contributed by atoms with E-state index in [-0.39, 0.29) is 10.8 Å². The molecular formula is C48H42N2S. The molecular weight excluding hydrogens is 637 g/mol. The summed E-state index contributed by atoms with van der Waals surface area (Å²) in [6.45, 7) is 14.0. The van der Waals surface area contributed by atoms with Crippen molar-refractivity contribution in [1.29, 1.82) is 0 Å². The number of benzene rings is 6. The van der Waals surface area contributed by atoms with Crippen molar-refractivity contribution >= 4 is 31.5 Å². The summed E-state index contributed by atoms with van der Waals surface area (Å²) >= 11 is 1.93. The summed E-state index contributed by atoms with van der Waals surface area (Å²) in [6, 6.07) is 52.2. The van der Waals surface area contributed by atoms with Crippen molar-refractivity contribution in [2.24, 2.45) is 0 Å². The van der Waals surface area contributed by atoms with E-state index in [1.807, 2.05) is 35.6 Å². The Kier molecular flexibility index (Phi) is 8.20. The lowest BCUT2D eigenvalue weighted by Gasteiger charge is -2.25. The topological polar surface area (TPSA) is 25.8 Å². The van der Waals surface area contributed by atoms with Crippen LogP contribution in [0.5, 0.6) is 0 Å². The maximum Gasteiger partial charge on any atom is 0.160 e. The number of hydrogen-bond acceptors (Lipinski definition) is 3. The lowest BCUT2D eigenvalue weighted by molar-refractivity contribution is 0.573. The van der Waals surface area contributed by atoms with Crippen molar-refractivity contribution in [3.63, 3.8) is 0 Å². The summed E-state index contributed by atoms with van der Waals surface area (Å²) in [6.07, 6.45) is 0. The molecule has 2 heterocycles. The number of rotatable bonds is 5. The Morgan fingerprint density at radius 1 is 0.412 bits per heavy atom. The molecule has 6 aromatic carbocycles. The van der Waals surface area contributed by atoms with Crippen LogP contribution in [0, 0.1) is 0 Å². The van der Waals surface area contributed by atoms with Gasteiger partial charge in [0.25, 0.3) is 0 Å². The van der Waals surface area contributed by atoms with E-state index in [0.29, 0.717) is 0 Å². The van der Waals surface area contributed by atoms with Gasteiger partial charge in [0, 0.05) is 36.9 Å². The predicted molar refractivity (Wildman–Crippen MR) is 220 cm³/mol. The highest BCUT2D eigenvalue weighted by molar-refractivity contribution is 7.26. The minimum absolute atomic E-state index is 0.0148. The highest BCUT2D eigenvalue weighted by Gasteiger charge is 2.25. The molecule has 2 nitrogen and oxygen atoms in total. The van der Waals surface area contributed by atoms with Crippen LogP contribution in [0.15, 0.2) is 146 Å². The first-order valence-electron chi connectivity index (χ1n) is 17.7. The summed E-state index contributed by atoms with van der Waals surface area (Å²) in [4.78, 5) is 10.3. The molecule has 0 aliphatic rings. The second-order valence-electron chi connectivity index (χ2n) is 15.5. The molecule has 0 fully saturated rings. The zero-order chi connectivity index (χ0) is 35.3. The van der Waals surface area contributed by atoms with Crippen LogP contribution in [0.2, 0.25) is 0 Å². The lowest BCUT2D eigenvalue weighted by Crippen LogP contribution is -2.16. The van der Waals surface area contributed by atoms with Gasteiger partial charge >= 0.3 is 0 Å². The second kappa shape index (κ2) is 12.7. The van der Waals surface area contributed by atoms with E-state index in [2.05, 4.69) is 163 Å². The van der Waals surface area contributed by atoms with Gasteiger partial charge < -0.3 is 0 Å². The van der Waals surface area contributed by atoms with Gasteiger partial charge in [-0.2, -0.15) is 0 Å². The Bertz CT molecular complexity index is 2460. The van der Waals surface area contributed by atoms with Gasteiger partial charge in [0.2, 0.25) is 0 Å². The zero-order valence-corrected chi connectivity index (χ0v) is 31.0. The van der Waals surface area contributed by atoms with E-state index in [4.69, 9.17) is 9.97 Å². The molecule has 0 bridgehead atoms. The SMILES string of the molecule is CC(C)(C)c1cc(C(C)(C)C)c2sc3c(-c4cc(-c5ccccc5)cc(-c5cc(-c6ccccc6)nc(-c6ccccc6)n5)c4)cccc3c2c1. The molecule has 8 rings (SSSR count). The van der Waals surface area contributed by atoms with E-state index < -0.39 is 0 Å². The molecule has 0 saturated heterocycles. The molecule has 0 unspecified atom stereocenters. The first-order valence-corrected chi connectivity index (χ1v) is 18.6. The fourth-order valence-electron chi connectivity index (χ4n) is 6.91. The highest BCUT2D eigenvalue weighted by atomic mass is 32.1. The average molecular weight is 679 g/mol. The molecule has 0 amide bonds. The van der Waals surface area contributed by atoms with Crippen LogP contribution in [0.4, 0.5) is 0 Å². The van der Waals surface area contributed by atoms with Crippen LogP contribution < -0.4 is 0 Å². The van der Waals surface area contributed by atoms with Gasteiger partial charge in [-0.05, 0) is 74.5 Å². The lowest BCUT2D eigenvalue weighted by atomic mass is 9.79. The third-order valence-corrected chi connectivity index (χ3v) is 11.0. The van der Waals surface area contributed by atoms with Crippen molar-refractivity contribution in [3.05, 3.63) is 157 Å². The summed E-state index contributed by atoms with van der Waals surface area (Å²) in [5.74, 6) is 0.717. The van der Waals surface area contributed by atoms with Crippen molar-refractivity contribution in [2.45, 2.75) is 52.4 Å². The normalized spacial score (nSPS) is 12.1. The quantitative estimate of drug-likeness (QED) is 0.181. The summed E-state index contributed by atoms with van der Waals surface area (Å²) in [5.41, 5.74) is 12.5. The van der Waals surface area contributed by atoms with E-state index in [9.17, 15) is 0 Å². The van der Waals surface area contributed by atoms with Gasteiger partial charge in [-0.1, -0.05) is 157 Å². The number of aromatic nitrogens is 2. The van der Waals surface area contributed by atoms with E-state index in [1.165, 1.54) is 48.0 Å². The van der Waals surface area contributed by atoms with Crippen molar-refractivity contribution in [1.82, 2.24) is 9.97 Å². The Hall–Kier alpha value is -5.38. The fourth-order valence-corrected chi connectivity index (χ4v) is 8.46. The molecule has 0 aliphatic carbocycles. The van der Waals surface area contributed by atoms with Crippen molar-refractivity contribution in [3.8, 4) is 56.2 Å². The van der Waals surface area contributed by atoms with Gasteiger partial charge in [-0.3, -0.25) is 0 Å². The monoisotopic (exact) mass is 678 g/mol. The van der Waals surface area contributed by atoms with E-state index in [0.717, 1.165) is 39.5 Å². The first kappa shape index (κ1) is 32.8. The van der Waals surface area contributed by atoms with Crippen LogP contribution in [-0.4, -0.2) is 9.97 Å². The van der Waals surface area contributed by atoms with Gasteiger partial charge in [-0.25, -0.2) is 9.97 Å². The fraction of sp³-hybridized carbons (Fsp3) is 0.167. The first-order chi connectivity index (χ1) is 24.5. The molecule has 0 saturated carbocycles. The average Bonchev–Trinajstić information content (AvgIpc) is 3.53. The summed E-state index contributed by atoms with van der Waals surface area (Å²) < 4.78 is 2.70. The van der Waals surface area contributed by atoms with Gasteiger partial charge in [0.15, 0.2) is 5.82 Å². The predicted octanol–water partition coefficient (Wildman–Crippen LogP) is 13.8. The smallest absolute Gasteiger partial charge is 0.160 e. The third kappa shape index (κ3) is 6.39. The molecule has 3 heteroatoms. The second-order valence-corrected chi connectivity index (χ2v) is 16.6. The Morgan fingerprint density at radius 2 is 0.980 bits per heavy atom. The van der Waals surface area contributed by atoms with Gasteiger partial charge in [0.05, 0.1) is 11.4 Å². The molecule has 0 spiro atoms. The van der Waals surface area contributed by atoms with Crippen LogP contribution in [0.3, 0.4) is 0 Å². The molecule has 0 atom stereocenters. The number of nitrogens with zero attached hydrogens (tertiary/aromatic N) is 2. The highest BCUT2D eigenvalue weighted by Crippen LogP contribution is 2.46. The van der Waals surface area contributed by atoms with E-state index in [1.54, 1.807) is 0 Å². The minimum atomic E-state index is 0.0148. The van der Waals surface area contributed by atoms with Crippen molar-refractivity contribution < 1.29 is 0 Å². The summed E-state index contributed by atoms with van der Waals surface area (Å²) in [5, 5.41) is 2.67.